The molecule has 2 saturated carbocycles. The third kappa shape index (κ3) is 3.30. The van der Waals surface area contributed by atoms with Gasteiger partial charge in [0.25, 0.3) is 0 Å². The molecule has 0 radical (unpaired) electrons. The number of hydrogen-bond donors (Lipinski definition) is 1. The van der Waals surface area contributed by atoms with Crippen LogP contribution in [0, 0.1) is 23.0 Å². The molecule has 3 aromatic heterocycles. The molecule has 39 heavy (non-hydrogen) atoms. The van der Waals surface area contributed by atoms with Crippen molar-refractivity contribution in [1.29, 1.82) is 0 Å². The first-order valence-corrected chi connectivity index (χ1v) is 14.5. The molecule has 0 aliphatic heterocycles. The number of aromatic nitrogens is 7. The van der Waals surface area contributed by atoms with Crippen molar-refractivity contribution in [2.24, 2.45) is 11.3 Å². The summed E-state index contributed by atoms with van der Waals surface area (Å²) in [5, 5.41) is 15.7. The summed E-state index contributed by atoms with van der Waals surface area (Å²) in [4.78, 5) is 13.6. The van der Waals surface area contributed by atoms with Gasteiger partial charge in [-0.1, -0.05) is 25.1 Å². The van der Waals surface area contributed by atoms with Gasteiger partial charge in [-0.3, -0.25) is 10.1 Å². The highest BCUT2D eigenvalue weighted by molar-refractivity contribution is 7.89. The van der Waals surface area contributed by atoms with Crippen LogP contribution < -0.4 is 0 Å². The van der Waals surface area contributed by atoms with Crippen LogP contribution in [0.25, 0.3) is 22.8 Å². The molecule has 9 nitrogen and oxygen atoms in total. The highest BCUT2D eigenvalue weighted by Gasteiger charge is 2.70. The molecule has 3 heterocycles. The second kappa shape index (κ2) is 7.81. The smallest absolute Gasteiger partial charge is 0.201 e. The predicted molar refractivity (Wildman–Crippen MR) is 137 cm³/mol. The fourth-order valence-electron chi connectivity index (χ4n) is 6.92. The molecular weight excluding hydrogens is 524 g/mol. The lowest BCUT2D eigenvalue weighted by atomic mass is 9.53. The van der Waals surface area contributed by atoms with Crippen LogP contribution in [-0.2, 0) is 21.0 Å². The van der Waals surface area contributed by atoms with Crippen molar-refractivity contribution in [3.05, 3.63) is 83.2 Å². The summed E-state index contributed by atoms with van der Waals surface area (Å²) in [6, 6.07) is 5.50. The summed E-state index contributed by atoms with van der Waals surface area (Å²) >= 11 is 0. The molecule has 1 N–H and O–H groups in total. The molecule has 0 spiro atoms. The first-order valence-electron chi connectivity index (χ1n) is 12.5. The molecule has 7 rings (SSSR count). The third-order valence-corrected chi connectivity index (χ3v) is 9.55. The third-order valence-electron chi connectivity index (χ3n) is 8.76. The van der Waals surface area contributed by atoms with Crippen molar-refractivity contribution < 1.29 is 17.2 Å². The Bertz CT molecular complexity index is 1800. The van der Waals surface area contributed by atoms with Gasteiger partial charge in [0.1, 0.15) is 28.9 Å². The number of fused-ring (bicyclic) bond motifs is 4. The number of nitrogens with zero attached hydrogens (tertiary/aromatic N) is 6. The largest absolute Gasteiger partial charge is 0.262 e. The number of allylic oxidation sites excluding steroid dienone is 1. The van der Waals surface area contributed by atoms with E-state index in [1.165, 1.54) is 24.4 Å². The minimum Gasteiger partial charge on any atom is -0.262 e. The number of H-pyrrole nitrogens is 1. The average molecular weight is 548 g/mol. The summed E-state index contributed by atoms with van der Waals surface area (Å²) in [6.45, 7) is 6.72. The fourth-order valence-corrected chi connectivity index (χ4v) is 7.55. The van der Waals surface area contributed by atoms with Gasteiger partial charge in [0, 0.05) is 12.5 Å². The van der Waals surface area contributed by atoms with Crippen LogP contribution in [0.5, 0.6) is 0 Å². The molecular formula is C27H23F2N7O2S. The van der Waals surface area contributed by atoms with Crippen LogP contribution in [-0.4, -0.2) is 50.0 Å². The standard InChI is InChI=1S/C27H23F2N7O2S/c1-13-26(2)8-15-14-7-19(23-17(28)5-4-6-18(23)29)33-35-24(14)27(13,9-16(15)26)21-11-30-10-20(31-21)25-32-22(34-36-25)12-39(3,37)38/h4-7,10-11,15-16H,1,8-9,12H2,2-3H3,(H,32,34,36)/t15-,16?,26?,27+/m1/s1. The maximum Gasteiger partial charge on any atom is 0.201 e. The SMILES string of the molecule is C=C1C2(C)C[C@@H]3c4cc(-c5c(F)cccc5F)nnc4[C@@]1(c1cncc(-c4n[nH]c(CS(C)(=O)=O)n4)n1)CC32. The maximum atomic E-state index is 14.6. The van der Waals surface area contributed by atoms with Gasteiger partial charge in [-0.15, -0.1) is 5.10 Å². The normalized spacial score (nSPS) is 26.8. The van der Waals surface area contributed by atoms with E-state index in [2.05, 4.69) is 43.9 Å². The molecule has 2 fully saturated rings. The highest BCUT2D eigenvalue weighted by Crippen LogP contribution is 2.76. The number of benzene rings is 1. The Balaban J connectivity index is 1.37. The van der Waals surface area contributed by atoms with Crippen molar-refractivity contribution in [1.82, 2.24) is 35.3 Å². The molecule has 1 aromatic carbocycles. The Labute approximate surface area is 222 Å². The van der Waals surface area contributed by atoms with Crippen LogP contribution in [0.15, 0.2) is 48.8 Å². The van der Waals surface area contributed by atoms with E-state index in [9.17, 15) is 17.2 Å². The average Bonchev–Trinajstić information content (AvgIpc) is 3.36. The Morgan fingerprint density at radius 2 is 1.87 bits per heavy atom. The van der Waals surface area contributed by atoms with Crippen LogP contribution in [0.1, 0.15) is 48.5 Å². The summed E-state index contributed by atoms with van der Waals surface area (Å²) in [7, 11) is -3.30. The Morgan fingerprint density at radius 3 is 2.62 bits per heavy atom. The van der Waals surface area contributed by atoms with E-state index in [1.54, 1.807) is 12.3 Å². The molecule has 3 aliphatic carbocycles. The van der Waals surface area contributed by atoms with E-state index in [0.29, 0.717) is 23.5 Å². The Kier molecular flexibility index (Phi) is 4.83. The van der Waals surface area contributed by atoms with Gasteiger partial charge < -0.3 is 0 Å². The molecule has 4 aromatic rings. The van der Waals surface area contributed by atoms with E-state index < -0.39 is 26.9 Å². The van der Waals surface area contributed by atoms with E-state index >= 15 is 0 Å². The van der Waals surface area contributed by atoms with Crippen LogP contribution in [0.3, 0.4) is 0 Å². The van der Waals surface area contributed by atoms with Gasteiger partial charge in [0.2, 0.25) is 5.82 Å². The minimum absolute atomic E-state index is 0.152. The van der Waals surface area contributed by atoms with Crippen molar-refractivity contribution in [2.45, 2.75) is 36.9 Å². The van der Waals surface area contributed by atoms with Gasteiger partial charge >= 0.3 is 0 Å². The molecule has 3 aliphatic rings. The van der Waals surface area contributed by atoms with Crippen LogP contribution >= 0.6 is 0 Å². The zero-order valence-corrected chi connectivity index (χ0v) is 21.9. The second-order valence-electron chi connectivity index (χ2n) is 11.0. The molecule has 198 valence electrons. The van der Waals surface area contributed by atoms with E-state index in [-0.39, 0.29) is 45.9 Å². The first kappa shape index (κ1) is 24.1. The zero-order chi connectivity index (χ0) is 27.3. The van der Waals surface area contributed by atoms with Gasteiger partial charge in [-0.05, 0) is 53.9 Å². The number of hydrogen-bond acceptors (Lipinski definition) is 8. The highest BCUT2D eigenvalue weighted by atomic mass is 32.2. The number of nitrogens with one attached hydrogen (secondary N) is 1. The van der Waals surface area contributed by atoms with Crippen LogP contribution in [0.4, 0.5) is 8.78 Å². The van der Waals surface area contributed by atoms with Crippen LogP contribution in [0.2, 0.25) is 0 Å². The lowest BCUT2D eigenvalue weighted by Crippen LogP contribution is -2.42. The molecule has 0 saturated heterocycles. The van der Waals surface area contributed by atoms with Crippen molar-refractivity contribution >= 4 is 9.84 Å². The van der Waals surface area contributed by atoms with Gasteiger partial charge in [-0.25, -0.2) is 27.2 Å². The second-order valence-corrected chi connectivity index (χ2v) is 13.2. The molecule has 2 unspecified atom stereocenters. The number of sulfone groups is 1. The quantitative estimate of drug-likeness (QED) is 0.373. The van der Waals surface area contributed by atoms with Gasteiger partial charge in [0.15, 0.2) is 9.84 Å². The maximum absolute atomic E-state index is 14.6. The predicted octanol–water partition coefficient (Wildman–Crippen LogP) is 3.91. The number of rotatable bonds is 5. The topological polar surface area (TPSA) is 127 Å². The fraction of sp³-hybridized carbons (Fsp3) is 0.333. The summed E-state index contributed by atoms with van der Waals surface area (Å²) in [5.74, 6) is -0.800. The lowest BCUT2D eigenvalue weighted by molar-refractivity contribution is 0.0795. The van der Waals surface area contributed by atoms with E-state index in [1.807, 2.05) is 0 Å². The molecule has 2 bridgehead atoms. The monoisotopic (exact) mass is 547 g/mol. The van der Waals surface area contributed by atoms with Gasteiger partial charge in [-0.2, -0.15) is 10.2 Å². The van der Waals surface area contributed by atoms with Crippen molar-refractivity contribution in [3.63, 3.8) is 0 Å². The van der Waals surface area contributed by atoms with Gasteiger partial charge in [0.05, 0.1) is 34.3 Å². The summed E-state index contributed by atoms with van der Waals surface area (Å²) < 4.78 is 52.6. The summed E-state index contributed by atoms with van der Waals surface area (Å²) in [5.41, 5.74) is 2.52. The molecule has 4 atom stereocenters. The number of halogens is 2. The lowest BCUT2D eigenvalue weighted by Gasteiger charge is -2.50. The van der Waals surface area contributed by atoms with Crippen molar-refractivity contribution in [3.8, 4) is 22.8 Å². The van der Waals surface area contributed by atoms with Crippen molar-refractivity contribution in [2.75, 3.05) is 6.26 Å². The van der Waals surface area contributed by atoms with E-state index in [4.69, 9.17) is 4.98 Å². The zero-order valence-electron chi connectivity index (χ0n) is 21.1. The van der Waals surface area contributed by atoms with E-state index in [0.717, 1.165) is 23.8 Å². The Hall–Kier alpha value is -3.93. The molecule has 12 heteroatoms. The number of aromatic amines is 1. The summed E-state index contributed by atoms with van der Waals surface area (Å²) in [6.07, 6.45) is 5.87. The first-order chi connectivity index (χ1) is 18.5. The molecule has 0 amide bonds. The Morgan fingerprint density at radius 1 is 1.10 bits per heavy atom. The minimum atomic E-state index is -3.30.